The highest BCUT2D eigenvalue weighted by molar-refractivity contribution is 5.93. The van der Waals surface area contributed by atoms with E-state index in [1.165, 1.54) is 19.2 Å². The van der Waals surface area contributed by atoms with Crippen molar-refractivity contribution in [1.29, 1.82) is 0 Å². The van der Waals surface area contributed by atoms with Gasteiger partial charge >= 0.3 is 5.97 Å². The predicted octanol–water partition coefficient (Wildman–Crippen LogP) is 3.21. The molecular formula is C17H13NO5. The number of carbonyl (C=O) groups excluding carboxylic acids is 1. The van der Waals surface area contributed by atoms with Gasteiger partial charge in [-0.05, 0) is 47.5 Å². The van der Waals surface area contributed by atoms with Gasteiger partial charge in [0.1, 0.15) is 12.4 Å². The number of nitrogens with zero attached hydrogens (tertiary/aromatic N) is 1. The van der Waals surface area contributed by atoms with Crippen LogP contribution in [0.15, 0.2) is 48.5 Å². The van der Waals surface area contributed by atoms with Crippen molar-refractivity contribution in [3.63, 3.8) is 0 Å². The number of non-ortho nitro benzene ring substituents is 1. The largest absolute Gasteiger partial charge is 0.489 e. The molecule has 0 N–H and O–H groups in total. The first kappa shape index (κ1) is 14.8. The van der Waals surface area contributed by atoms with E-state index in [1.54, 1.807) is 30.3 Å². The summed E-state index contributed by atoms with van der Waals surface area (Å²) in [7, 11) is 1.32. The molecule has 1 aliphatic rings. The van der Waals surface area contributed by atoms with E-state index in [-0.39, 0.29) is 5.69 Å². The first-order chi connectivity index (χ1) is 11.1. The summed E-state index contributed by atoms with van der Waals surface area (Å²) < 4.78 is 10.3. The van der Waals surface area contributed by atoms with Gasteiger partial charge in [-0.15, -0.1) is 0 Å². The Bertz CT molecular complexity index is 808. The zero-order valence-corrected chi connectivity index (χ0v) is 12.3. The second-order valence-electron chi connectivity index (χ2n) is 4.94. The molecule has 2 aromatic rings. The van der Waals surface area contributed by atoms with Gasteiger partial charge in [0.05, 0.1) is 17.6 Å². The maximum absolute atomic E-state index is 11.7. The molecule has 2 aromatic carbocycles. The molecular weight excluding hydrogens is 298 g/mol. The van der Waals surface area contributed by atoms with E-state index in [4.69, 9.17) is 9.47 Å². The Labute approximate surface area is 132 Å². The summed E-state index contributed by atoms with van der Waals surface area (Å²) in [6.07, 6.45) is 1.88. The van der Waals surface area contributed by atoms with Crippen LogP contribution in [0.4, 0.5) is 5.69 Å². The van der Waals surface area contributed by atoms with Crippen LogP contribution in [0.1, 0.15) is 21.5 Å². The van der Waals surface area contributed by atoms with Crippen molar-refractivity contribution in [1.82, 2.24) is 0 Å². The smallest absolute Gasteiger partial charge is 0.337 e. The predicted molar refractivity (Wildman–Crippen MR) is 83.5 cm³/mol. The number of hydrogen-bond acceptors (Lipinski definition) is 5. The SMILES string of the molecule is COC(=O)c1ccc2c(c1)C(c1ccc([N+](=O)[O-])cc1)=CCO2. The molecule has 0 saturated heterocycles. The zero-order chi connectivity index (χ0) is 16.4. The number of fused-ring (bicyclic) bond motifs is 1. The van der Waals surface area contributed by atoms with Crippen LogP contribution in [0.2, 0.25) is 0 Å². The molecule has 0 unspecified atom stereocenters. The number of esters is 1. The molecule has 116 valence electrons. The summed E-state index contributed by atoms with van der Waals surface area (Å²) >= 11 is 0. The van der Waals surface area contributed by atoms with Crippen molar-refractivity contribution in [3.8, 4) is 5.75 Å². The van der Waals surface area contributed by atoms with Gasteiger partial charge in [-0.3, -0.25) is 10.1 Å². The lowest BCUT2D eigenvalue weighted by molar-refractivity contribution is -0.384. The number of methoxy groups -OCH3 is 1. The highest BCUT2D eigenvalue weighted by Gasteiger charge is 2.18. The quantitative estimate of drug-likeness (QED) is 0.494. The van der Waals surface area contributed by atoms with E-state index in [9.17, 15) is 14.9 Å². The number of hydrogen-bond donors (Lipinski definition) is 0. The molecule has 6 nitrogen and oxygen atoms in total. The van der Waals surface area contributed by atoms with Gasteiger partial charge in [0.15, 0.2) is 0 Å². The van der Waals surface area contributed by atoms with Crippen molar-refractivity contribution in [2.75, 3.05) is 13.7 Å². The van der Waals surface area contributed by atoms with Crippen LogP contribution in [0.5, 0.6) is 5.75 Å². The minimum absolute atomic E-state index is 0.0324. The number of nitro benzene ring substituents is 1. The molecule has 1 aliphatic heterocycles. The first-order valence-corrected chi connectivity index (χ1v) is 6.90. The van der Waals surface area contributed by atoms with Crippen molar-refractivity contribution in [2.24, 2.45) is 0 Å². The Hall–Kier alpha value is -3.15. The number of ether oxygens (including phenoxy) is 2. The molecule has 0 atom stereocenters. The fourth-order valence-corrected chi connectivity index (χ4v) is 2.47. The molecule has 0 saturated carbocycles. The monoisotopic (exact) mass is 311 g/mol. The van der Waals surface area contributed by atoms with Crippen LogP contribution < -0.4 is 4.74 Å². The summed E-state index contributed by atoms with van der Waals surface area (Å²) in [5.74, 6) is 0.231. The van der Waals surface area contributed by atoms with Crippen molar-refractivity contribution in [3.05, 3.63) is 75.3 Å². The van der Waals surface area contributed by atoms with Crippen LogP contribution in [0.25, 0.3) is 5.57 Å². The summed E-state index contributed by atoms with van der Waals surface area (Å²) in [4.78, 5) is 22.0. The van der Waals surface area contributed by atoms with Crippen LogP contribution in [-0.4, -0.2) is 24.6 Å². The average molecular weight is 311 g/mol. The summed E-state index contributed by atoms with van der Waals surface area (Å²) in [5, 5.41) is 10.8. The van der Waals surface area contributed by atoms with Gasteiger partial charge in [0, 0.05) is 17.7 Å². The fourth-order valence-electron chi connectivity index (χ4n) is 2.47. The number of carbonyl (C=O) groups is 1. The summed E-state index contributed by atoms with van der Waals surface area (Å²) in [5.41, 5.74) is 2.90. The van der Waals surface area contributed by atoms with Crippen molar-refractivity contribution < 1.29 is 19.2 Å². The van der Waals surface area contributed by atoms with Gasteiger partial charge in [-0.1, -0.05) is 0 Å². The summed E-state index contributed by atoms with van der Waals surface area (Å²) in [6, 6.07) is 11.3. The van der Waals surface area contributed by atoms with E-state index in [0.29, 0.717) is 17.9 Å². The molecule has 3 rings (SSSR count). The Balaban J connectivity index is 2.03. The lowest BCUT2D eigenvalue weighted by atomic mass is 9.94. The van der Waals surface area contributed by atoms with Crippen LogP contribution in [0.3, 0.4) is 0 Å². The fraction of sp³-hybridized carbons (Fsp3) is 0.118. The minimum atomic E-state index is -0.439. The van der Waals surface area contributed by atoms with Gasteiger partial charge in [-0.2, -0.15) is 0 Å². The minimum Gasteiger partial charge on any atom is -0.489 e. The molecule has 23 heavy (non-hydrogen) atoms. The molecule has 0 bridgehead atoms. The second-order valence-corrected chi connectivity index (χ2v) is 4.94. The van der Waals surface area contributed by atoms with Gasteiger partial charge in [-0.25, -0.2) is 4.79 Å². The number of benzene rings is 2. The third-order valence-corrected chi connectivity index (χ3v) is 3.61. The average Bonchev–Trinajstić information content (AvgIpc) is 2.60. The highest BCUT2D eigenvalue weighted by Crippen LogP contribution is 2.35. The van der Waals surface area contributed by atoms with E-state index in [1.807, 2.05) is 6.08 Å². The van der Waals surface area contributed by atoms with Crippen molar-refractivity contribution in [2.45, 2.75) is 0 Å². The molecule has 1 heterocycles. The number of rotatable bonds is 3. The Morgan fingerprint density at radius 2 is 1.96 bits per heavy atom. The first-order valence-electron chi connectivity index (χ1n) is 6.90. The standard InChI is InChI=1S/C17H13NO5/c1-22-17(19)12-4-7-16-15(10-12)14(8-9-23-16)11-2-5-13(6-3-11)18(20)21/h2-8,10H,9H2,1H3. The highest BCUT2D eigenvalue weighted by atomic mass is 16.6. The third-order valence-electron chi connectivity index (χ3n) is 3.61. The van der Waals surface area contributed by atoms with Gasteiger partial charge in [0.2, 0.25) is 0 Å². The Kier molecular flexibility index (Phi) is 3.80. The summed E-state index contributed by atoms with van der Waals surface area (Å²) in [6.45, 7) is 0.400. The molecule has 0 aliphatic carbocycles. The lowest BCUT2D eigenvalue weighted by Crippen LogP contribution is -2.08. The normalized spacial score (nSPS) is 12.7. The molecule has 6 heteroatoms. The van der Waals surface area contributed by atoms with E-state index >= 15 is 0 Å². The maximum Gasteiger partial charge on any atom is 0.337 e. The zero-order valence-electron chi connectivity index (χ0n) is 12.3. The van der Waals surface area contributed by atoms with Crippen LogP contribution >= 0.6 is 0 Å². The number of nitro groups is 1. The van der Waals surface area contributed by atoms with Crippen LogP contribution in [0, 0.1) is 10.1 Å². The van der Waals surface area contributed by atoms with Crippen LogP contribution in [-0.2, 0) is 4.74 Å². The van der Waals surface area contributed by atoms with Crippen molar-refractivity contribution >= 4 is 17.2 Å². The Morgan fingerprint density at radius 3 is 2.61 bits per heavy atom. The van der Waals surface area contributed by atoms with E-state index in [2.05, 4.69) is 0 Å². The molecule has 0 radical (unpaired) electrons. The molecule has 0 fully saturated rings. The van der Waals surface area contributed by atoms with E-state index in [0.717, 1.165) is 16.7 Å². The molecule has 0 spiro atoms. The topological polar surface area (TPSA) is 78.7 Å². The van der Waals surface area contributed by atoms with E-state index < -0.39 is 10.9 Å². The van der Waals surface area contributed by atoms with Gasteiger partial charge < -0.3 is 9.47 Å². The lowest BCUT2D eigenvalue weighted by Gasteiger charge is -2.19. The molecule has 0 amide bonds. The maximum atomic E-state index is 11.7. The molecule has 0 aromatic heterocycles. The third kappa shape index (κ3) is 2.78. The van der Waals surface area contributed by atoms with Gasteiger partial charge in [0.25, 0.3) is 5.69 Å². The second kappa shape index (κ2) is 5.92. The Morgan fingerprint density at radius 1 is 1.22 bits per heavy atom.